The van der Waals surface area contributed by atoms with Crippen LogP contribution in [0.3, 0.4) is 0 Å². The monoisotopic (exact) mass is 607 g/mol. The summed E-state index contributed by atoms with van der Waals surface area (Å²) >= 11 is 6.81. The molecule has 6 rings (SSSR count). The number of carbonyl (C=O) groups is 1. The highest BCUT2D eigenvalue weighted by molar-refractivity contribution is 6.76. The fourth-order valence-corrected chi connectivity index (χ4v) is 7.47. The molecule has 2 fully saturated rings. The van der Waals surface area contributed by atoms with E-state index in [9.17, 15) is 9.59 Å². The number of pyridine rings is 1. The predicted octanol–water partition coefficient (Wildman–Crippen LogP) is 5.92. The van der Waals surface area contributed by atoms with Crippen molar-refractivity contribution >= 4 is 36.5 Å². The van der Waals surface area contributed by atoms with Gasteiger partial charge in [-0.3, -0.25) is 9.36 Å². The summed E-state index contributed by atoms with van der Waals surface area (Å²) in [6.07, 6.45) is 7.92. The first-order chi connectivity index (χ1) is 20.0. The number of esters is 1. The first kappa shape index (κ1) is 28.9. The fourth-order valence-electron chi connectivity index (χ4n) is 6.47. The quantitative estimate of drug-likeness (QED) is 0.126. The highest BCUT2D eigenvalue weighted by Gasteiger charge is 2.63. The van der Waals surface area contributed by atoms with Crippen LogP contribution in [0.15, 0.2) is 47.7 Å². The molecule has 1 aromatic carbocycles. The summed E-state index contributed by atoms with van der Waals surface area (Å²) in [7, 11) is 0.659. The Hall–Kier alpha value is -3.21. The van der Waals surface area contributed by atoms with E-state index in [1.165, 1.54) is 12.8 Å². The zero-order valence-corrected chi connectivity index (χ0v) is 26.7. The number of hydrogen-bond acceptors (Lipinski definition) is 6. The largest absolute Gasteiger partial charge is 0.461 e. The van der Waals surface area contributed by atoms with Crippen molar-refractivity contribution in [3.05, 3.63) is 75.3 Å². The maximum Gasteiger partial charge on any atom is 0.355 e. The molecule has 0 atom stereocenters. The van der Waals surface area contributed by atoms with Crippen LogP contribution in [-0.2, 0) is 28.7 Å². The molecule has 2 saturated carbocycles. The van der Waals surface area contributed by atoms with Gasteiger partial charge in [0.25, 0.3) is 5.56 Å². The van der Waals surface area contributed by atoms with Crippen LogP contribution in [0.2, 0.25) is 30.7 Å². The molecule has 3 aromatic heterocycles. The SMILES string of the molecule is CCOC(=O)c1cc2c(Cl)cn(-c3cccc(C4(c5nncn5C)CC5(CC5)C4)c3)c(=O)c2n1COCC[Si](C)(C)C. The van der Waals surface area contributed by atoms with E-state index in [1.54, 1.807) is 34.6 Å². The van der Waals surface area contributed by atoms with Crippen LogP contribution in [0.25, 0.3) is 16.6 Å². The first-order valence-corrected chi connectivity index (χ1v) is 18.7. The molecule has 3 heterocycles. The van der Waals surface area contributed by atoms with Crippen molar-refractivity contribution in [2.24, 2.45) is 12.5 Å². The summed E-state index contributed by atoms with van der Waals surface area (Å²) in [5.41, 5.74) is 2.23. The standard InChI is InChI=1S/C31H38ClN5O4Si/c1-6-41-28(39)25-15-23-24(32)16-36(27(38)26(23)37(25)20-40-12-13-42(3,4)5)22-9-7-8-21(14-22)31(17-30(18-31)10-11-30)29-34-33-19-35(29)2/h7-9,14-16,19H,6,10-13,17-18,20H2,1-5H3. The molecule has 1 spiro atoms. The van der Waals surface area contributed by atoms with Crippen LogP contribution in [0.4, 0.5) is 0 Å². The Morgan fingerprint density at radius 3 is 2.57 bits per heavy atom. The van der Waals surface area contributed by atoms with E-state index in [0.29, 0.717) is 33.6 Å². The number of nitrogens with zero attached hydrogens (tertiary/aromatic N) is 5. The lowest BCUT2D eigenvalue weighted by molar-refractivity contribution is 0.0477. The molecule has 0 bridgehead atoms. The summed E-state index contributed by atoms with van der Waals surface area (Å²) in [4.78, 5) is 27.1. The zero-order valence-electron chi connectivity index (χ0n) is 24.9. The van der Waals surface area contributed by atoms with Crippen molar-refractivity contribution in [3.8, 4) is 5.69 Å². The Balaban J connectivity index is 1.44. The molecule has 0 saturated heterocycles. The molecule has 2 aliphatic rings. The van der Waals surface area contributed by atoms with Crippen molar-refractivity contribution in [1.82, 2.24) is 23.9 Å². The number of hydrogen-bond donors (Lipinski definition) is 0. The molecule has 42 heavy (non-hydrogen) atoms. The van der Waals surface area contributed by atoms with Crippen molar-refractivity contribution in [3.63, 3.8) is 0 Å². The fraction of sp³-hybridized carbons (Fsp3) is 0.484. The van der Waals surface area contributed by atoms with Gasteiger partial charge in [0.2, 0.25) is 0 Å². The van der Waals surface area contributed by atoms with E-state index in [2.05, 4.69) is 42.0 Å². The summed E-state index contributed by atoms with van der Waals surface area (Å²) in [5.74, 6) is 0.428. The minimum atomic E-state index is -1.32. The topological polar surface area (TPSA) is 93.2 Å². The van der Waals surface area contributed by atoms with E-state index in [0.717, 1.165) is 30.3 Å². The van der Waals surface area contributed by atoms with E-state index in [4.69, 9.17) is 21.1 Å². The van der Waals surface area contributed by atoms with Crippen molar-refractivity contribution in [1.29, 1.82) is 0 Å². The second kappa shape index (κ2) is 10.5. The molecule has 2 aliphatic carbocycles. The maximum absolute atomic E-state index is 14.2. The van der Waals surface area contributed by atoms with Gasteiger partial charge in [-0.05, 0) is 67.8 Å². The Labute approximate surface area is 251 Å². The third-order valence-electron chi connectivity index (χ3n) is 8.85. The zero-order chi connectivity index (χ0) is 29.9. The van der Waals surface area contributed by atoms with E-state index >= 15 is 0 Å². The first-order valence-electron chi connectivity index (χ1n) is 14.6. The Bertz CT molecular complexity index is 1720. The van der Waals surface area contributed by atoms with E-state index in [-0.39, 0.29) is 30.0 Å². The van der Waals surface area contributed by atoms with Crippen LogP contribution in [0, 0.1) is 5.41 Å². The smallest absolute Gasteiger partial charge is 0.355 e. The molecular weight excluding hydrogens is 570 g/mol. The van der Waals surface area contributed by atoms with Gasteiger partial charge in [-0.15, -0.1) is 10.2 Å². The Morgan fingerprint density at radius 2 is 1.93 bits per heavy atom. The molecule has 4 aromatic rings. The van der Waals surface area contributed by atoms with Gasteiger partial charge >= 0.3 is 5.97 Å². The molecule has 0 N–H and O–H groups in total. The lowest BCUT2D eigenvalue weighted by Gasteiger charge is -2.48. The third-order valence-corrected chi connectivity index (χ3v) is 10.9. The van der Waals surface area contributed by atoms with Gasteiger partial charge < -0.3 is 18.6 Å². The minimum absolute atomic E-state index is 0.0507. The number of aryl methyl sites for hydroxylation is 1. The maximum atomic E-state index is 14.2. The van der Waals surface area contributed by atoms with Crippen molar-refractivity contribution < 1.29 is 14.3 Å². The van der Waals surface area contributed by atoms with E-state index in [1.807, 2.05) is 23.7 Å². The highest BCUT2D eigenvalue weighted by Crippen LogP contribution is 2.70. The van der Waals surface area contributed by atoms with Gasteiger partial charge in [-0.1, -0.05) is 43.4 Å². The minimum Gasteiger partial charge on any atom is -0.461 e. The highest BCUT2D eigenvalue weighted by atomic mass is 35.5. The summed E-state index contributed by atoms with van der Waals surface area (Å²) in [6.45, 7) is 9.40. The second-order valence-corrected chi connectivity index (χ2v) is 19.2. The predicted molar refractivity (Wildman–Crippen MR) is 165 cm³/mol. The molecule has 9 nitrogen and oxygen atoms in total. The number of halogens is 1. The lowest BCUT2D eigenvalue weighted by atomic mass is 9.56. The van der Waals surface area contributed by atoms with Crippen molar-refractivity contribution in [2.75, 3.05) is 13.2 Å². The Kier molecular flexibility index (Phi) is 7.22. The van der Waals surface area contributed by atoms with Crippen LogP contribution in [0.1, 0.15) is 54.5 Å². The van der Waals surface area contributed by atoms with Gasteiger partial charge in [-0.2, -0.15) is 0 Å². The Morgan fingerprint density at radius 1 is 1.17 bits per heavy atom. The summed E-state index contributed by atoms with van der Waals surface area (Å²) in [5, 5.41) is 9.56. The van der Waals surface area contributed by atoms with Crippen LogP contribution in [-0.4, -0.2) is 51.2 Å². The van der Waals surface area contributed by atoms with Crippen LogP contribution >= 0.6 is 11.6 Å². The van der Waals surface area contributed by atoms with Gasteiger partial charge in [0, 0.05) is 39.0 Å². The number of aromatic nitrogens is 5. The van der Waals surface area contributed by atoms with Crippen LogP contribution < -0.4 is 5.56 Å². The summed E-state index contributed by atoms with van der Waals surface area (Å²) in [6, 6.07) is 10.7. The van der Waals surface area contributed by atoms with Gasteiger partial charge in [0.05, 0.1) is 17.0 Å². The number of fused-ring (bicyclic) bond motifs is 1. The van der Waals surface area contributed by atoms with Gasteiger partial charge in [0.1, 0.15) is 30.1 Å². The molecule has 222 valence electrons. The molecule has 11 heteroatoms. The van der Waals surface area contributed by atoms with Gasteiger partial charge in [0.15, 0.2) is 0 Å². The number of carbonyl (C=O) groups excluding carboxylic acids is 1. The molecule has 0 unspecified atom stereocenters. The van der Waals surface area contributed by atoms with E-state index < -0.39 is 14.0 Å². The van der Waals surface area contributed by atoms with Crippen molar-refractivity contribution in [2.45, 2.75) is 70.4 Å². The van der Waals surface area contributed by atoms with Crippen LogP contribution in [0.5, 0.6) is 0 Å². The molecule has 0 radical (unpaired) electrons. The molecular formula is C31H38ClN5O4Si. The molecule has 0 amide bonds. The number of benzene rings is 1. The molecule has 0 aliphatic heterocycles. The lowest BCUT2D eigenvalue weighted by Crippen LogP contribution is -2.45. The third kappa shape index (κ3) is 5.03. The average Bonchev–Trinajstić information content (AvgIpc) is 3.43. The number of rotatable bonds is 10. The normalized spacial score (nSPS) is 17.0. The van der Waals surface area contributed by atoms with Gasteiger partial charge in [-0.25, -0.2) is 4.79 Å². The summed E-state index contributed by atoms with van der Waals surface area (Å²) < 4.78 is 16.5. The second-order valence-electron chi connectivity index (χ2n) is 13.2. The average molecular weight is 608 g/mol. The number of ether oxygens (including phenoxy) is 2.